The van der Waals surface area contributed by atoms with Gasteiger partial charge >= 0.3 is 11.9 Å². The lowest BCUT2D eigenvalue weighted by molar-refractivity contribution is -0.165. The fraction of sp³-hybridized carbons (Fsp3) is 0.467. The van der Waals surface area contributed by atoms with Gasteiger partial charge in [0.25, 0.3) is 0 Å². The first kappa shape index (κ1) is 22.6. The Labute approximate surface area is 143 Å². The van der Waals surface area contributed by atoms with Gasteiger partial charge in [0.05, 0.1) is 6.10 Å². The molecule has 0 saturated heterocycles. The first-order valence-electron chi connectivity index (χ1n) is 7.22. The van der Waals surface area contributed by atoms with E-state index in [2.05, 4.69) is 5.32 Å². The van der Waals surface area contributed by atoms with Gasteiger partial charge in [-0.2, -0.15) is 0 Å². The van der Waals surface area contributed by atoms with E-state index in [0.717, 1.165) is 0 Å². The summed E-state index contributed by atoms with van der Waals surface area (Å²) in [5.74, 6) is -3.93. The number of carbonyl (C=O) groups is 2. The summed E-state index contributed by atoms with van der Waals surface area (Å²) in [7, 11) is 0. The summed E-state index contributed by atoms with van der Waals surface area (Å²) in [6.45, 7) is 4.39. The van der Waals surface area contributed by atoms with Crippen molar-refractivity contribution in [2.75, 3.05) is 6.54 Å². The van der Waals surface area contributed by atoms with Crippen molar-refractivity contribution in [3.63, 3.8) is 0 Å². The highest BCUT2D eigenvalue weighted by Gasteiger charge is 2.29. The second-order valence-corrected chi connectivity index (χ2v) is 5.39. The molecule has 0 aliphatic heterocycles. The molecule has 1 aromatic rings. The van der Waals surface area contributed by atoms with Gasteiger partial charge in [-0.1, -0.05) is 19.9 Å². The Hall–Kier alpha value is -2.40. The predicted molar refractivity (Wildman–Crippen MR) is 85.2 cm³/mol. The zero-order chi connectivity index (χ0) is 19.7. The SMILES string of the molecule is CC(C)NC[C@H](O)c1ccc(O)c(O)c1.O=C(O)[C@@H](O)[C@@H](O)C(=O)O. The molecule has 1 rings (SSSR count). The maximum absolute atomic E-state index is 9.77. The van der Waals surface area contributed by atoms with Gasteiger partial charge in [0.2, 0.25) is 0 Å². The summed E-state index contributed by atoms with van der Waals surface area (Å²) < 4.78 is 0. The number of aromatic hydroxyl groups is 2. The van der Waals surface area contributed by atoms with Crippen LogP contribution >= 0.6 is 0 Å². The van der Waals surface area contributed by atoms with Crippen LogP contribution in [0.15, 0.2) is 18.2 Å². The van der Waals surface area contributed by atoms with Crippen LogP contribution in [0.4, 0.5) is 0 Å². The molecule has 25 heavy (non-hydrogen) atoms. The number of benzene rings is 1. The smallest absolute Gasteiger partial charge is 0.335 e. The number of nitrogens with one attached hydrogen (secondary N) is 1. The third kappa shape index (κ3) is 8.31. The average Bonchev–Trinajstić information content (AvgIpc) is 2.53. The third-order valence-electron chi connectivity index (χ3n) is 2.91. The normalized spacial score (nSPS) is 14.2. The van der Waals surface area contributed by atoms with Gasteiger partial charge in [0.1, 0.15) is 0 Å². The van der Waals surface area contributed by atoms with Gasteiger partial charge in [-0.25, -0.2) is 9.59 Å². The Balaban J connectivity index is 0.000000504. The molecular weight excluding hydrogens is 338 g/mol. The van der Waals surface area contributed by atoms with Crippen LogP contribution in [0, 0.1) is 0 Å². The molecule has 1 aromatic carbocycles. The van der Waals surface area contributed by atoms with Gasteiger partial charge in [-0.05, 0) is 17.7 Å². The minimum atomic E-state index is -2.27. The van der Waals surface area contributed by atoms with Gasteiger partial charge in [0, 0.05) is 12.6 Å². The van der Waals surface area contributed by atoms with Gasteiger partial charge < -0.3 is 41.1 Å². The summed E-state index contributed by atoms with van der Waals surface area (Å²) in [5.41, 5.74) is 0.582. The average molecular weight is 361 g/mol. The van der Waals surface area contributed by atoms with Crippen LogP contribution in [0.3, 0.4) is 0 Å². The van der Waals surface area contributed by atoms with Crippen molar-refractivity contribution in [3.05, 3.63) is 23.8 Å². The fourth-order valence-electron chi connectivity index (χ4n) is 1.48. The molecule has 0 aromatic heterocycles. The molecule has 0 spiro atoms. The number of hydrogen-bond acceptors (Lipinski definition) is 8. The van der Waals surface area contributed by atoms with E-state index < -0.39 is 30.3 Å². The highest BCUT2D eigenvalue weighted by Crippen LogP contribution is 2.27. The fourth-order valence-corrected chi connectivity index (χ4v) is 1.48. The van der Waals surface area contributed by atoms with E-state index >= 15 is 0 Å². The van der Waals surface area contributed by atoms with E-state index in [4.69, 9.17) is 25.5 Å². The number of rotatable bonds is 7. The van der Waals surface area contributed by atoms with Crippen LogP contribution in [0.2, 0.25) is 0 Å². The molecule has 0 heterocycles. The van der Waals surface area contributed by atoms with Crippen LogP contribution < -0.4 is 5.32 Å². The lowest BCUT2D eigenvalue weighted by Gasteiger charge is -2.14. The second kappa shape index (κ2) is 10.5. The molecule has 142 valence electrons. The van der Waals surface area contributed by atoms with E-state index in [0.29, 0.717) is 18.2 Å². The van der Waals surface area contributed by atoms with Crippen molar-refractivity contribution in [1.82, 2.24) is 5.32 Å². The first-order chi connectivity index (χ1) is 11.5. The van der Waals surface area contributed by atoms with Crippen molar-refractivity contribution >= 4 is 11.9 Å². The molecule has 0 bridgehead atoms. The molecule has 0 fully saturated rings. The Kier molecular flexibility index (Phi) is 9.46. The lowest BCUT2D eigenvalue weighted by atomic mass is 10.1. The molecule has 3 atom stereocenters. The van der Waals surface area contributed by atoms with Crippen LogP contribution in [-0.2, 0) is 9.59 Å². The molecule has 10 nitrogen and oxygen atoms in total. The van der Waals surface area contributed by atoms with E-state index in [1.165, 1.54) is 12.1 Å². The Morgan fingerprint density at radius 1 is 0.960 bits per heavy atom. The molecule has 8 N–H and O–H groups in total. The molecule has 0 aliphatic rings. The summed E-state index contributed by atoms with van der Waals surface area (Å²) in [6, 6.07) is 4.61. The maximum atomic E-state index is 9.77. The monoisotopic (exact) mass is 361 g/mol. The lowest BCUT2D eigenvalue weighted by Crippen LogP contribution is -2.39. The summed E-state index contributed by atoms with van der Waals surface area (Å²) in [5, 5.41) is 63.7. The molecular formula is C15H23NO9. The summed E-state index contributed by atoms with van der Waals surface area (Å²) >= 11 is 0. The van der Waals surface area contributed by atoms with Crippen molar-refractivity contribution in [2.45, 2.75) is 38.2 Å². The van der Waals surface area contributed by atoms with E-state index in [1.54, 1.807) is 6.07 Å². The standard InChI is InChI=1S/C11H17NO3.C4H6O6/c1-7(2)12-6-11(15)8-3-4-9(13)10(14)5-8;5-1(3(7)8)2(6)4(9)10/h3-5,7,11-15H,6H2,1-2H3;1-2,5-6H,(H,7,8)(H,9,10)/t11-;1-,2+/m0./s1. The number of carboxylic acids is 2. The summed E-state index contributed by atoms with van der Waals surface area (Å²) in [6.07, 6.45) is -5.21. The maximum Gasteiger partial charge on any atom is 0.335 e. The molecule has 0 radical (unpaired) electrons. The van der Waals surface area contributed by atoms with Gasteiger partial charge in [0.15, 0.2) is 23.7 Å². The third-order valence-corrected chi connectivity index (χ3v) is 2.91. The van der Waals surface area contributed by atoms with Crippen molar-refractivity contribution in [1.29, 1.82) is 0 Å². The quantitative estimate of drug-likeness (QED) is 0.280. The molecule has 10 heteroatoms. The number of carboxylic acid groups (broad SMARTS) is 2. The zero-order valence-electron chi connectivity index (χ0n) is 13.7. The zero-order valence-corrected chi connectivity index (χ0v) is 13.7. The van der Waals surface area contributed by atoms with Crippen LogP contribution in [0.25, 0.3) is 0 Å². The minimum Gasteiger partial charge on any atom is -0.504 e. The van der Waals surface area contributed by atoms with Crippen molar-refractivity contribution < 1.29 is 45.3 Å². The number of hydrogen-bond donors (Lipinski definition) is 8. The van der Waals surface area contributed by atoms with E-state index in [9.17, 15) is 19.8 Å². The highest BCUT2D eigenvalue weighted by atomic mass is 16.4. The minimum absolute atomic E-state index is 0.178. The Bertz CT molecular complexity index is 558. The molecule has 0 unspecified atom stereocenters. The number of phenolic OH excluding ortho intramolecular Hbond substituents is 2. The van der Waals surface area contributed by atoms with Crippen LogP contribution in [0.5, 0.6) is 11.5 Å². The number of aliphatic hydroxyl groups excluding tert-OH is 3. The van der Waals surface area contributed by atoms with E-state index in [-0.39, 0.29) is 11.5 Å². The Morgan fingerprint density at radius 3 is 1.80 bits per heavy atom. The number of aliphatic hydroxyl groups is 3. The van der Waals surface area contributed by atoms with E-state index in [1.807, 2.05) is 13.8 Å². The van der Waals surface area contributed by atoms with Crippen LogP contribution in [-0.4, -0.2) is 72.5 Å². The van der Waals surface area contributed by atoms with Crippen LogP contribution in [0.1, 0.15) is 25.5 Å². The molecule has 0 amide bonds. The predicted octanol–water partition coefficient (Wildman–Crippen LogP) is -0.993. The second-order valence-electron chi connectivity index (χ2n) is 5.39. The first-order valence-corrected chi connectivity index (χ1v) is 7.22. The van der Waals surface area contributed by atoms with Crippen molar-refractivity contribution in [2.24, 2.45) is 0 Å². The molecule has 0 aliphatic carbocycles. The Morgan fingerprint density at radius 2 is 1.44 bits per heavy atom. The van der Waals surface area contributed by atoms with Crippen molar-refractivity contribution in [3.8, 4) is 11.5 Å². The number of phenols is 2. The van der Waals surface area contributed by atoms with Gasteiger partial charge in [-0.3, -0.25) is 0 Å². The topological polar surface area (TPSA) is 188 Å². The highest BCUT2D eigenvalue weighted by molar-refractivity contribution is 5.83. The van der Waals surface area contributed by atoms with Gasteiger partial charge in [-0.15, -0.1) is 0 Å². The molecule has 0 saturated carbocycles. The largest absolute Gasteiger partial charge is 0.504 e. The number of aliphatic carboxylic acids is 2. The summed E-state index contributed by atoms with van der Waals surface area (Å²) in [4.78, 5) is 19.5.